The maximum Gasteiger partial charge on any atom is 0.143 e. The Hall–Kier alpha value is -1.33. The Labute approximate surface area is 124 Å². The molecule has 0 spiro atoms. The molecule has 106 valence electrons. The third-order valence-electron chi connectivity index (χ3n) is 3.22. The van der Waals surface area contributed by atoms with Gasteiger partial charge in [0.25, 0.3) is 0 Å². The van der Waals surface area contributed by atoms with Gasteiger partial charge in [0, 0.05) is 24.4 Å². The maximum atomic E-state index is 13.9. The fourth-order valence-electron chi connectivity index (χ4n) is 2.12. The van der Waals surface area contributed by atoms with Crippen molar-refractivity contribution in [3.63, 3.8) is 0 Å². The normalized spacial score (nSPS) is 12.4. The predicted molar refractivity (Wildman–Crippen MR) is 76.3 cm³/mol. The van der Waals surface area contributed by atoms with E-state index in [1.54, 1.807) is 18.5 Å². The van der Waals surface area contributed by atoms with Gasteiger partial charge in [-0.25, -0.2) is 8.78 Å². The van der Waals surface area contributed by atoms with Crippen molar-refractivity contribution in [1.82, 2.24) is 4.98 Å². The molecule has 1 heterocycles. The number of rotatable bonds is 4. The van der Waals surface area contributed by atoms with E-state index >= 15 is 0 Å². The standard InChI is InChI=1S/C15H14BrF2NO/c1-2-9-8-19-6-5-10(9)14(20)7-11-13(17)4-3-12(16)15(11)18/h3-6,8,14,20H,2,7H2,1H3. The average molecular weight is 342 g/mol. The van der Waals surface area contributed by atoms with Gasteiger partial charge in [-0.2, -0.15) is 0 Å². The molecule has 2 nitrogen and oxygen atoms in total. The molecule has 0 aliphatic carbocycles. The Kier molecular flexibility index (Phi) is 4.83. The topological polar surface area (TPSA) is 33.1 Å². The molecule has 5 heteroatoms. The van der Waals surface area contributed by atoms with Crippen molar-refractivity contribution in [2.75, 3.05) is 0 Å². The zero-order valence-electron chi connectivity index (χ0n) is 10.9. The fourth-order valence-corrected chi connectivity index (χ4v) is 2.49. The molecule has 1 unspecified atom stereocenters. The third-order valence-corrected chi connectivity index (χ3v) is 3.83. The lowest BCUT2D eigenvalue weighted by Gasteiger charge is -2.15. The van der Waals surface area contributed by atoms with E-state index in [1.807, 2.05) is 6.92 Å². The van der Waals surface area contributed by atoms with E-state index in [1.165, 1.54) is 12.1 Å². The minimum Gasteiger partial charge on any atom is -0.388 e. The Bertz CT molecular complexity index is 619. The number of hydrogen-bond donors (Lipinski definition) is 1. The Morgan fingerprint density at radius 3 is 2.75 bits per heavy atom. The van der Waals surface area contributed by atoms with Crippen LogP contribution in [0.2, 0.25) is 0 Å². The van der Waals surface area contributed by atoms with E-state index in [-0.39, 0.29) is 16.5 Å². The van der Waals surface area contributed by atoms with Crippen LogP contribution in [0.15, 0.2) is 35.1 Å². The van der Waals surface area contributed by atoms with Crippen molar-refractivity contribution in [1.29, 1.82) is 0 Å². The van der Waals surface area contributed by atoms with E-state index in [0.29, 0.717) is 12.0 Å². The molecule has 0 bridgehead atoms. The molecule has 0 aliphatic heterocycles. The monoisotopic (exact) mass is 341 g/mol. The lowest BCUT2D eigenvalue weighted by Crippen LogP contribution is -2.08. The second-order valence-corrected chi connectivity index (χ2v) is 5.32. The summed E-state index contributed by atoms with van der Waals surface area (Å²) in [7, 11) is 0. The van der Waals surface area contributed by atoms with E-state index in [0.717, 1.165) is 5.56 Å². The molecular formula is C15H14BrF2NO. The van der Waals surface area contributed by atoms with Gasteiger partial charge in [-0.15, -0.1) is 0 Å². The number of aryl methyl sites for hydroxylation is 1. The summed E-state index contributed by atoms with van der Waals surface area (Å²) in [5.41, 5.74) is 1.41. The van der Waals surface area contributed by atoms with Crippen molar-refractivity contribution in [3.05, 3.63) is 63.4 Å². The van der Waals surface area contributed by atoms with Gasteiger partial charge in [-0.05, 0) is 51.7 Å². The number of aliphatic hydroxyl groups is 1. The number of nitrogens with zero attached hydrogens (tertiary/aromatic N) is 1. The predicted octanol–water partition coefficient (Wildman–Crippen LogP) is 3.96. The highest BCUT2D eigenvalue weighted by Crippen LogP contribution is 2.27. The molecule has 1 aromatic heterocycles. The summed E-state index contributed by atoms with van der Waals surface area (Å²) in [5, 5.41) is 10.2. The van der Waals surface area contributed by atoms with Crippen LogP contribution in [0.4, 0.5) is 8.78 Å². The van der Waals surface area contributed by atoms with Crippen LogP contribution in [-0.4, -0.2) is 10.1 Å². The summed E-state index contributed by atoms with van der Waals surface area (Å²) in [5.74, 6) is -1.33. The molecule has 1 atom stereocenters. The van der Waals surface area contributed by atoms with Crippen LogP contribution in [0.3, 0.4) is 0 Å². The summed E-state index contributed by atoms with van der Waals surface area (Å²) in [6, 6.07) is 4.17. The fraction of sp³-hybridized carbons (Fsp3) is 0.267. The van der Waals surface area contributed by atoms with Crippen molar-refractivity contribution >= 4 is 15.9 Å². The summed E-state index contributed by atoms with van der Waals surface area (Å²) in [6.45, 7) is 1.94. The van der Waals surface area contributed by atoms with Crippen LogP contribution in [0, 0.1) is 11.6 Å². The first kappa shape index (κ1) is 15.1. The van der Waals surface area contributed by atoms with Gasteiger partial charge < -0.3 is 5.11 Å². The molecule has 0 saturated carbocycles. The molecule has 0 radical (unpaired) electrons. The highest BCUT2D eigenvalue weighted by atomic mass is 79.9. The molecule has 0 fully saturated rings. The average Bonchev–Trinajstić information content (AvgIpc) is 2.47. The van der Waals surface area contributed by atoms with Gasteiger partial charge in [0.1, 0.15) is 11.6 Å². The van der Waals surface area contributed by atoms with Crippen molar-refractivity contribution in [3.8, 4) is 0 Å². The highest BCUT2D eigenvalue weighted by molar-refractivity contribution is 9.10. The van der Waals surface area contributed by atoms with Crippen molar-refractivity contribution in [2.45, 2.75) is 25.9 Å². The minimum absolute atomic E-state index is 0.117. The SMILES string of the molecule is CCc1cnccc1C(O)Cc1c(F)ccc(Br)c1F. The third kappa shape index (κ3) is 3.04. The van der Waals surface area contributed by atoms with E-state index < -0.39 is 17.7 Å². The molecule has 2 aromatic rings. The number of aromatic nitrogens is 1. The number of aliphatic hydroxyl groups excluding tert-OH is 1. The number of benzene rings is 1. The molecule has 2 rings (SSSR count). The Morgan fingerprint density at radius 1 is 1.30 bits per heavy atom. The second kappa shape index (κ2) is 6.41. The summed E-state index contributed by atoms with van der Waals surface area (Å²) in [4.78, 5) is 3.99. The molecule has 20 heavy (non-hydrogen) atoms. The van der Waals surface area contributed by atoms with Crippen LogP contribution in [0.25, 0.3) is 0 Å². The van der Waals surface area contributed by atoms with Crippen LogP contribution in [0.5, 0.6) is 0 Å². The Morgan fingerprint density at radius 2 is 2.05 bits per heavy atom. The van der Waals surface area contributed by atoms with Crippen LogP contribution in [0.1, 0.15) is 29.7 Å². The first-order chi connectivity index (χ1) is 9.54. The van der Waals surface area contributed by atoms with Gasteiger partial charge in [0.05, 0.1) is 10.6 Å². The zero-order chi connectivity index (χ0) is 14.7. The van der Waals surface area contributed by atoms with E-state index in [9.17, 15) is 13.9 Å². The number of hydrogen-bond acceptors (Lipinski definition) is 2. The first-order valence-corrected chi connectivity index (χ1v) is 7.07. The Balaban J connectivity index is 2.33. The summed E-state index contributed by atoms with van der Waals surface area (Å²) in [6.07, 6.45) is 2.83. The number of pyridine rings is 1. The van der Waals surface area contributed by atoms with Crippen LogP contribution >= 0.6 is 15.9 Å². The zero-order valence-corrected chi connectivity index (χ0v) is 12.5. The lowest BCUT2D eigenvalue weighted by molar-refractivity contribution is 0.174. The van der Waals surface area contributed by atoms with Gasteiger partial charge in [-0.3, -0.25) is 4.98 Å². The van der Waals surface area contributed by atoms with Crippen molar-refractivity contribution in [2.24, 2.45) is 0 Å². The highest BCUT2D eigenvalue weighted by Gasteiger charge is 2.19. The quantitative estimate of drug-likeness (QED) is 0.854. The first-order valence-electron chi connectivity index (χ1n) is 6.27. The molecule has 0 aliphatic rings. The van der Waals surface area contributed by atoms with Crippen LogP contribution < -0.4 is 0 Å². The number of halogens is 3. The summed E-state index contributed by atoms with van der Waals surface area (Å²) >= 11 is 3.02. The molecular weight excluding hydrogens is 328 g/mol. The van der Waals surface area contributed by atoms with Gasteiger partial charge >= 0.3 is 0 Å². The molecule has 0 saturated heterocycles. The van der Waals surface area contributed by atoms with Gasteiger partial charge in [0.2, 0.25) is 0 Å². The van der Waals surface area contributed by atoms with Crippen LogP contribution in [-0.2, 0) is 12.8 Å². The molecule has 0 amide bonds. The second-order valence-electron chi connectivity index (χ2n) is 4.47. The smallest absolute Gasteiger partial charge is 0.143 e. The minimum atomic E-state index is -0.966. The largest absolute Gasteiger partial charge is 0.388 e. The molecule has 1 N–H and O–H groups in total. The van der Waals surface area contributed by atoms with E-state index in [4.69, 9.17) is 0 Å². The van der Waals surface area contributed by atoms with E-state index in [2.05, 4.69) is 20.9 Å². The van der Waals surface area contributed by atoms with Gasteiger partial charge in [0.15, 0.2) is 0 Å². The molecule has 1 aromatic carbocycles. The lowest BCUT2D eigenvalue weighted by atomic mass is 9.97. The van der Waals surface area contributed by atoms with Gasteiger partial charge in [-0.1, -0.05) is 6.92 Å². The van der Waals surface area contributed by atoms with Crippen molar-refractivity contribution < 1.29 is 13.9 Å². The summed E-state index contributed by atoms with van der Waals surface area (Å²) < 4.78 is 27.8. The maximum absolute atomic E-state index is 13.9.